The predicted molar refractivity (Wildman–Crippen MR) is 136 cm³/mol. The summed E-state index contributed by atoms with van der Waals surface area (Å²) in [4.78, 5) is 6.83. The number of halogens is 1. The van der Waals surface area contributed by atoms with E-state index in [1.807, 2.05) is 7.05 Å². The lowest BCUT2D eigenvalue weighted by atomic mass is 10.1. The average Bonchev–Trinajstić information content (AvgIpc) is 2.70. The number of rotatable bonds is 6. The molecule has 1 unspecified atom stereocenters. The fourth-order valence-electron chi connectivity index (χ4n) is 3.76. The van der Waals surface area contributed by atoms with Gasteiger partial charge < -0.3 is 15.4 Å². The van der Waals surface area contributed by atoms with Crippen molar-refractivity contribution in [1.29, 1.82) is 0 Å². The fourth-order valence-corrected chi connectivity index (χ4v) is 3.76. The summed E-state index contributed by atoms with van der Waals surface area (Å²) in [5, 5.41) is 6.85. The third kappa shape index (κ3) is 7.56. The summed E-state index contributed by atoms with van der Waals surface area (Å²) in [7, 11) is 1.81. The Balaban J connectivity index is 0.00000320. The van der Waals surface area contributed by atoms with Gasteiger partial charge in [-0.15, -0.1) is 24.0 Å². The van der Waals surface area contributed by atoms with Crippen molar-refractivity contribution in [2.75, 3.05) is 26.7 Å². The summed E-state index contributed by atoms with van der Waals surface area (Å²) >= 11 is 0. The van der Waals surface area contributed by atoms with Crippen molar-refractivity contribution in [3.8, 4) is 0 Å². The largest absolute Gasteiger partial charge is 0.376 e. The van der Waals surface area contributed by atoms with Gasteiger partial charge in [-0.1, -0.05) is 48.0 Å². The van der Waals surface area contributed by atoms with E-state index in [1.54, 1.807) is 0 Å². The van der Waals surface area contributed by atoms with Crippen LogP contribution in [0.3, 0.4) is 0 Å². The van der Waals surface area contributed by atoms with Gasteiger partial charge in [0.05, 0.1) is 12.7 Å². The Kier molecular flexibility index (Phi) is 10.1. The topological polar surface area (TPSA) is 48.9 Å². The monoisotopic (exact) mass is 522 g/mol. The molecular weight excluding hydrogens is 487 g/mol. The number of ether oxygens (including phenoxy) is 1. The van der Waals surface area contributed by atoms with Crippen molar-refractivity contribution >= 4 is 29.9 Å². The van der Waals surface area contributed by atoms with Gasteiger partial charge in [-0.2, -0.15) is 0 Å². The first-order valence-corrected chi connectivity index (χ1v) is 10.5. The Bertz CT molecular complexity index is 840. The maximum Gasteiger partial charge on any atom is 0.191 e. The van der Waals surface area contributed by atoms with E-state index in [-0.39, 0.29) is 24.0 Å². The minimum Gasteiger partial charge on any atom is -0.376 e. The molecule has 0 amide bonds. The van der Waals surface area contributed by atoms with Crippen LogP contribution in [0.2, 0.25) is 0 Å². The number of guanidine groups is 1. The number of nitrogens with one attached hydrogen (secondary N) is 2. The number of aliphatic imine (C=N–C) groups is 1. The van der Waals surface area contributed by atoms with Gasteiger partial charge in [-0.3, -0.25) is 9.89 Å². The zero-order chi connectivity index (χ0) is 20.6. The van der Waals surface area contributed by atoms with E-state index in [0.717, 1.165) is 45.3 Å². The van der Waals surface area contributed by atoms with E-state index in [2.05, 4.69) is 83.8 Å². The highest BCUT2D eigenvalue weighted by molar-refractivity contribution is 14.0. The molecule has 0 bridgehead atoms. The van der Waals surface area contributed by atoms with Crippen LogP contribution in [-0.4, -0.2) is 43.7 Å². The number of morpholine rings is 1. The highest BCUT2D eigenvalue weighted by Crippen LogP contribution is 2.12. The van der Waals surface area contributed by atoms with E-state index < -0.39 is 0 Å². The van der Waals surface area contributed by atoms with Crippen molar-refractivity contribution in [3.63, 3.8) is 0 Å². The van der Waals surface area contributed by atoms with Gasteiger partial charge in [0.15, 0.2) is 5.96 Å². The highest BCUT2D eigenvalue weighted by Gasteiger charge is 2.16. The van der Waals surface area contributed by atoms with Crippen molar-refractivity contribution in [2.24, 2.45) is 4.99 Å². The summed E-state index contributed by atoms with van der Waals surface area (Å²) in [6, 6.07) is 15.3. The molecule has 1 heterocycles. The van der Waals surface area contributed by atoms with E-state index in [0.29, 0.717) is 6.10 Å². The molecule has 5 nitrogen and oxygen atoms in total. The van der Waals surface area contributed by atoms with Crippen molar-refractivity contribution < 1.29 is 4.74 Å². The molecule has 2 aromatic carbocycles. The second-order valence-corrected chi connectivity index (χ2v) is 7.95. The normalized spacial score (nSPS) is 17.3. The zero-order valence-electron chi connectivity index (χ0n) is 18.6. The molecule has 0 aliphatic carbocycles. The Morgan fingerprint density at radius 2 is 1.87 bits per heavy atom. The summed E-state index contributed by atoms with van der Waals surface area (Å²) < 4.78 is 5.64. The maximum absolute atomic E-state index is 5.64. The number of hydrogen-bond acceptors (Lipinski definition) is 3. The molecule has 0 saturated carbocycles. The van der Waals surface area contributed by atoms with Gasteiger partial charge in [-0.25, -0.2) is 0 Å². The molecule has 3 rings (SSSR count). The SMILES string of the molecule is CN=C(NCc1cccc(CN2CCOC(C)C2)c1)NCc1ccc(C)cc1C.I. The summed E-state index contributed by atoms with van der Waals surface area (Å²) in [6.45, 7) is 11.7. The second kappa shape index (κ2) is 12.3. The van der Waals surface area contributed by atoms with E-state index in [9.17, 15) is 0 Å². The Hall–Kier alpha value is -1.64. The van der Waals surface area contributed by atoms with Crippen molar-refractivity contribution in [2.45, 2.75) is 46.5 Å². The smallest absolute Gasteiger partial charge is 0.191 e. The molecule has 0 aromatic heterocycles. The first-order chi connectivity index (χ1) is 14.0. The van der Waals surface area contributed by atoms with Crippen LogP contribution in [0.25, 0.3) is 0 Å². The first-order valence-electron chi connectivity index (χ1n) is 10.5. The van der Waals surface area contributed by atoms with Crippen LogP contribution in [0, 0.1) is 13.8 Å². The molecular formula is C24H35IN4O. The molecule has 2 aromatic rings. The molecule has 1 aliphatic rings. The average molecular weight is 522 g/mol. The number of nitrogens with zero attached hydrogens (tertiary/aromatic N) is 2. The maximum atomic E-state index is 5.64. The van der Waals surface area contributed by atoms with E-state index in [4.69, 9.17) is 4.74 Å². The first kappa shape index (κ1) is 24.6. The van der Waals surface area contributed by atoms with Crippen LogP contribution in [0.5, 0.6) is 0 Å². The third-order valence-corrected chi connectivity index (χ3v) is 5.35. The summed E-state index contributed by atoms with van der Waals surface area (Å²) in [6.07, 6.45) is 0.320. The second-order valence-electron chi connectivity index (χ2n) is 7.95. The van der Waals surface area contributed by atoms with Gasteiger partial charge in [0, 0.05) is 39.8 Å². The molecule has 30 heavy (non-hydrogen) atoms. The van der Waals surface area contributed by atoms with Crippen molar-refractivity contribution in [3.05, 3.63) is 70.3 Å². The summed E-state index contributed by atoms with van der Waals surface area (Å²) in [5.41, 5.74) is 6.49. The Labute approximate surface area is 198 Å². The zero-order valence-corrected chi connectivity index (χ0v) is 20.9. The van der Waals surface area contributed by atoms with Crippen LogP contribution < -0.4 is 10.6 Å². The van der Waals surface area contributed by atoms with Crippen LogP contribution in [0.1, 0.15) is 34.7 Å². The molecule has 1 fully saturated rings. The standard InChI is InChI=1S/C24H34N4O.HI/c1-18-8-9-23(19(2)12-18)15-27-24(25-4)26-14-21-6-5-7-22(13-21)17-28-10-11-29-20(3)16-28;/h5-9,12-13,20H,10-11,14-17H2,1-4H3,(H2,25,26,27);1H. The number of benzene rings is 2. The van der Waals surface area contributed by atoms with E-state index >= 15 is 0 Å². The quantitative estimate of drug-likeness (QED) is 0.342. The van der Waals surface area contributed by atoms with Crippen LogP contribution in [-0.2, 0) is 24.4 Å². The number of hydrogen-bond donors (Lipinski definition) is 2. The molecule has 1 atom stereocenters. The lowest BCUT2D eigenvalue weighted by molar-refractivity contribution is -0.0212. The highest BCUT2D eigenvalue weighted by atomic mass is 127. The van der Waals surface area contributed by atoms with Gasteiger partial charge in [0.1, 0.15) is 0 Å². The van der Waals surface area contributed by atoms with Crippen LogP contribution in [0.15, 0.2) is 47.5 Å². The predicted octanol–water partition coefficient (Wildman–Crippen LogP) is 4.01. The molecule has 2 N–H and O–H groups in total. The minimum atomic E-state index is 0. The molecule has 0 spiro atoms. The van der Waals surface area contributed by atoms with Crippen LogP contribution in [0.4, 0.5) is 0 Å². The molecule has 1 saturated heterocycles. The Morgan fingerprint density at radius 3 is 2.60 bits per heavy atom. The molecule has 0 radical (unpaired) electrons. The number of aryl methyl sites for hydroxylation is 2. The Morgan fingerprint density at radius 1 is 1.10 bits per heavy atom. The lowest BCUT2D eigenvalue weighted by Gasteiger charge is -2.31. The van der Waals surface area contributed by atoms with Gasteiger partial charge in [0.2, 0.25) is 0 Å². The molecule has 1 aliphatic heterocycles. The van der Waals surface area contributed by atoms with Gasteiger partial charge >= 0.3 is 0 Å². The minimum absolute atomic E-state index is 0. The van der Waals surface area contributed by atoms with Gasteiger partial charge in [-0.05, 0) is 43.0 Å². The van der Waals surface area contributed by atoms with Crippen molar-refractivity contribution in [1.82, 2.24) is 15.5 Å². The third-order valence-electron chi connectivity index (χ3n) is 5.35. The van der Waals surface area contributed by atoms with Gasteiger partial charge in [0.25, 0.3) is 0 Å². The van der Waals surface area contributed by atoms with Crippen LogP contribution >= 0.6 is 24.0 Å². The fraction of sp³-hybridized carbons (Fsp3) is 0.458. The summed E-state index contributed by atoms with van der Waals surface area (Å²) in [5.74, 6) is 0.817. The van der Waals surface area contributed by atoms with E-state index in [1.165, 1.54) is 27.8 Å². The molecule has 6 heteroatoms. The molecule has 164 valence electrons. The lowest BCUT2D eigenvalue weighted by Crippen LogP contribution is -2.40.